The van der Waals surface area contributed by atoms with E-state index in [0.29, 0.717) is 16.3 Å². The Morgan fingerprint density at radius 3 is 2.09 bits per heavy atom. The fourth-order valence-corrected chi connectivity index (χ4v) is 5.65. The van der Waals surface area contributed by atoms with Gasteiger partial charge in [0.2, 0.25) is 29.0 Å². The Labute approximate surface area is 200 Å². The van der Waals surface area contributed by atoms with Crippen LogP contribution in [0, 0.1) is 18.8 Å². The summed E-state index contributed by atoms with van der Waals surface area (Å²) in [5.41, 5.74) is 0.205. The van der Waals surface area contributed by atoms with E-state index >= 15 is 0 Å². The molecule has 2 amide bonds. The summed E-state index contributed by atoms with van der Waals surface area (Å²) in [4.78, 5) is 56.1. The van der Waals surface area contributed by atoms with Crippen molar-refractivity contribution >= 4 is 40.7 Å². The van der Waals surface area contributed by atoms with Crippen LogP contribution >= 0.6 is 11.6 Å². The van der Waals surface area contributed by atoms with Crippen molar-refractivity contribution in [1.82, 2.24) is 0 Å². The van der Waals surface area contributed by atoms with E-state index in [1.165, 1.54) is 0 Å². The van der Waals surface area contributed by atoms with Gasteiger partial charge in [0.15, 0.2) is 0 Å². The number of rotatable bonds is 2. The van der Waals surface area contributed by atoms with Crippen molar-refractivity contribution < 1.29 is 23.9 Å². The number of hydrogen-bond donors (Lipinski definition) is 0. The summed E-state index contributed by atoms with van der Waals surface area (Å²) in [6.45, 7) is 1.90. The average molecular weight is 472 g/mol. The molecule has 3 aromatic rings. The number of hydrogen-bond acceptors (Lipinski definition) is 5. The van der Waals surface area contributed by atoms with Crippen LogP contribution in [0.25, 0.3) is 0 Å². The van der Waals surface area contributed by atoms with Crippen molar-refractivity contribution in [2.75, 3.05) is 4.90 Å². The number of benzene rings is 3. The fraction of sp³-hybridized carbons (Fsp3) is 0.185. The van der Waals surface area contributed by atoms with E-state index < -0.39 is 46.9 Å². The van der Waals surface area contributed by atoms with E-state index in [2.05, 4.69) is 0 Å². The van der Waals surface area contributed by atoms with Gasteiger partial charge in [-0.05, 0) is 36.8 Å². The molecule has 0 N–H and O–H groups in total. The molecule has 3 atom stereocenters. The molecule has 0 aromatic heterocycles. The lowest BCUT2D eigenvalue weighted by Gasteiger charge is -2.27. The lowest BCUT2D eigenvalue weighted by Crippen LogP contribution is -2.51. The Morgan fingerprint density at radius 1 is 0.824 bits per heavy atom. The summed E-state index contributed by atoms with van der Waals surface area (Å²) in [6, 6.07) is 20.1. The zero-order valence-electron chi connectivity index (χ0n) is 18.0. The van der Waals surface area contributed by atoms with Gasteiger partial charge in [-0.2, -0.15) is 0 Å². The number of Topliss-reactive ketones (excluding diaryl/α,β-unsaturated/α-hetero) is 2. The third-order valence-electron chi connectivity index (χ3n) is 6.99. The van der Waals surface area contributed by atoms with Crippen LogP contribution in [0.4, 0.5) is 5.69 Å². The van der Waals surface area contributed by atoms with E-state index in [-0.39, 0.29) is 11.1 Å². The summed E-state index contributed by atoms with van der Waals surface area (Å²) >= 11 is 6.20. The number of carbonyl (C=O) groups is 4. The minimum atomic E-state index is -2.09. The Hall–Kier alpha value is -3.61. The van der Waals surface area contributed by atoms with E-state index in [1.807, 2.05) is 6.92 Å². The number of ketones is 2. The van der Waals surface area contributed by atoms with Crippen LogP contribution in [0.5, 0.6) is 0 Å². The van der Waals surface area contributed by atoms with Crippen molar-refractivity contribution in [2.45, 2.75) is 18.6 Å². The molecule has 2 aliphatic heterocycles. The maximum Gasteiger partial charge on any atom is 0.241 e. The van der Waals surface area contributed by atoms with Crippen LogP contribution < -0.4 is 4.90 Å². The molecule has 3 aromatic carbocycles. The zero-order valence-corrected chi connectivity index (χ0v) is 18.8. The molecule has 6 rings (SSSR count). The van der Waals surface area contributed by atoms with Crippen LogP contribution in [-0.2, 0) is 14.3 Å². The van der Waals surface area contributed by atoms with Gasteiger partial charge in [-0.1, -0.05) is 65.7 Å². The monoisotopic (exact) mass is 471 g/mol. The van der Waals surface area contributed by atoms with Gasteiger partial charge in [0.1, 0.15) is 0 Å². The Bertz CT molecular complexity index is 1380. The molecule has 0 saturated carbocycles. The average Bonchev–Trinajstić information content (AvgIpc) is 3.40. The van der Waals surface area contributed by atoms with E-state index in [1.54, 1.807) is 72.8 Å². The normalized spacial score (nSPS) is 24.8. The molecule has 168 valence electrons. The highest BCUT2D eigenvalue weighted by atomic mass is 35.5. The molecule has 34 heavy (non-hydrogen) atoms. The third kappa shape index (κ3) is 2.61. The predicted molar refractivity (Wildman–Crippen MR) is 124 cm³/mol. The van der Waals surface area contributed by atoms with Gasteiger partial charge < -0.3 is 4.74 Å². The van der Waals surface area contributed by atoms with Gasteiger partial charge in [-0.15, -0.1) is 0 Å². The number of nitrogens with zero attached hydrogens (tertiary/aromatic N) is 1. The minimum absolute atomic E-state index is 0.201. The molecule has 2 fully saturated rings. The number of imide groups is 1. The second-order valence-electron chi connectivity index (χ2n) is 8.88. The fourth-order valence-electron chi connectivity index (χ4n) is 5.45. The topological polar surface area (TPSA) is 80.8 Å². The molecule has 0 radical (unpaired) electrons. The van der Waals surface area contributed by atoms with Crippen LogP contribution in [-0.4, -0.2) is 29.0 Å². The molecule has 1 spiro atoms. The first-order valence-corrected chi connectivity index (χ1v) is 11.3. The number of anilines is 1. The number of ether oxygens (including phenoxy) is 1. The van der Waals surface area contributed by atoms with Crippen LogP contribution in [0.2, 0.25) is 5.02 Å². The minimum Gasteiger partial charge on any atom is -0.349 e. The molecule has 6 nitrogen and oxygen atoms in total. The second-order valence-corrected chi connectivity index (χ2v) is 9.32. The highest BCUT2D eigenvalue weighted by molar-refractivity contribution is 6.37. The van der Waals surface area contributed by atoms with E-state index in [0.717, 1.165) is 10.5 Å². The van der Waals surface area contributed by atoms with Gasteiger partial charge in [-0.3, -0.25) is 19.2 Å². The van der Waals surface area contributed by atoms with Crippen LogP contribution in [0.15, 0.2) is 72.8 Å². The Balaban J connectivity index is 1.55. The molecule has 0 unspecified atom stereocenters. The molecule has 3 aliphatic rings. The molecule has 2 saturated heterocycles. The summed E-state index contributed by atoms with van der Waals surface area (Å²) in [5.74, 6) is -4.61. The maximum atomic E-state index is 13.8. The Kier molecular flexibility index (Phi) is 4.43. The molecular weight excluding hydrogens is 454 g/mol. The number of amides is 2. The smallest absolute Gasteiger partial charge is 0.241 e. The highest BCUT2D eigenvalue weighted by Gasteiger charge is 2.74. The number of fused-ring (bicyclic) bond motifs is 3. The molecule has 0 bridgehead atoms. The highest BCUT2D eigenvalue weighted by Crippen LogP contribution is 2.57. The van der Waals surface area contributed by atoms with Crippen LogP contribution in [0.3, 0.4) is 0 Å². The predicted octanol–water partition coefficient (Wildman–Crippen LogP) is 4.34. The zero-order chi connectivity index (χ0) is 23.8. The quantitative estimate of drug-likeness (QED) is 0.410. The van der Waals surface area contributed by atoms with Crippen molar-refractivity contribution in [2.24, 2.45) is 11.8 Å². The van der Waals surface area contributed by atoms with Gasteiger partial charge in [-0.25, -0.2) is 4.90 Å². The SMILES string of the molecule is Cc1ccc(N2C(=O)[C@H]3[C@@H](c4cccc(Cl)c4)OC4(C(=O)c5ccccc5C4=O)[C@H]3C2=O)cc1. The third-order valence-corrected chi connectivity index (χ3v) is 7.22. The van der Waals surface area contributed by atoms with E-state index in [9.17, 15) is 19.2 Å². The standard InChI is InChI=1S/C27H18ClNO5/c1-14-9-11-17(12-10-14)29-25(32)20-21(26(29)33)27(34-22(20)15-5-4-6-16(28)13-15)23(30)18-7-2-3-8-19(18)24(27)31/h2-13,20-22H,1H3/t20-,21-,22-/m1/s1. The summed E-state index contributed by atoms with van der Waals surface area (Å²) < 4.78 is 6.24. The molecular formula is C27H18ClNO5. The molecule has 7 heteroatoms. The van der Waals surface area contributed by atoms with Crippen molar-refractivity contribution in [3.8, 4) is 0 Å². The lowest BCUT2D eigenvalue weighted by atomic mass is 9.77. The second kappa shape index (κ2) is 7.19. The number of aryl methyl sites for hydroxylation is 1. The van der Waals surface area contributed by atoms with E-state index in [4.69, 9.17) is 16.3 Å². The first-order chi connectivity index (χ1) is 16.3. The molecule has 1 aliphatic carbocycles. The van der Waals surface area contributed by atoms with Crippen molar-refractivity contribution in [3.63, 3.8) is 0 Å². The maximum absolute atomic E-state index is 13.8. The number of halogens is 1. The van der Waals surface area contributed by atoms with Crippen molar-refractivity contribution in [3.05, 3.63) is 100 Å². The first-order valence-electron chi connectivity index (χ1n) is 10.9. The van der Waals surface area contributed by atoms with Crippen molar-refractivity contribution in [1.29, 1.82) is 0 Å². The number of carbonyl (C=O) groups excluding carboxylic acids is 4. The lowest BCUT2D eigenvalue weighted by molar-refractivity contribution is -0.127. The van der Waals surface area contributed by atoms with Gasteiger partial charge in [0.05, 0.1) is 23.6 Å². The largest absolute Gasteiger partial charge is 0.349 e. The summed E-state index contributed by atoms with van der Waals surface area (Å²) in [7, 11) is 0. The summed E-state index contributed by atoms with van der Waals surface area (Å²) in [5, 5.41) is 0.415. The molecule has 2 heterocycles. The van der Waals surface area contributed by atoms with Crippen LogP contribution in [0.1, 0.15) is 37.9 Å². The first kappa shape index (κ1) is 21.0. The van der Waals surface area contributed by atoms with Gasteiger partial charge in [0.25, 0.3) is 0 Å². The Morgan fingerprint density at radius 2 is 1.47 bits per heavy atom. The summed E-state index contributed by atoms with van der Waals surface area (Å²) in [6.07, 6.45) is -0.988. The van der Waals surface area contributed by atoms with Gasteiger partial charge >= 0.3 is 0 Å². The van der Waals surface area contributed by atoms with Gasteiger partial charge in [0, 0.05) is 16.1 Å².